The molecule has 0 aliphatic rings. The Morgan fingerprint density at radius 3 is 2.83 bits per heavy atom. The van der Waals surface area contributed by atoms with E-state index in [-0.39, 0.29) is 12.6 Å². The number of carbonyl (C=O) groups excluding carboxylic acids is 1. The third-order valence-corrected chi connectivity index (χ3v) is 3.77. The number of anilines is 1. The van der Waals surface area contributed by atoms with Gasteiger partial charge >= 0.3 is 5.97 Å². The number of nitrogen functional groups attached to an aromatic ring is 1. The van der Waals surface area contributed by atoms with Gasteiger partial charge in [0.2, 0.25) is 0 Å². The van der Waals surface area contributed by atoms with Gasteiger partial charge in [-0.25, -0.2) is 4.79 Å². The van der Waals surface area contributed by atoms with Gasteiger partial charge < -0.3 is 10.5 Å². The van der Waals surface area contributed by atoms with Crippen LogP contribution in [0.4, 0.5) is 5.69 Å². The van der Waals surface area contributed by atoms with Gasteiger partial charge in [-0.15, -0.1) is 11.3 Å². The van der Waals surface area contributed by atoms with E-state index in [0.717, 1.165) is 10.4 Å². The molecule has 1 aromatic carbocycles. The first-order valence-electron chi connectivity index (χ1n) is 5.34. The summed E-state index contributed by atoms with van der Waals surface area (Å²) in [5.41, 5.74) is 7.57. The zero-order chi connectivity index (χ0) is 13.1. The lowest BCUT2D eigenvalue weighted by atomic mass is 10.1. The van der Waals surface area contributed by atoms with Gasteiger partial charge in [0.05, 0.1) is 9.90 Å². The molecule has 0 amide bonds. The maximum atomic E-state index is 11.9. The molecule has 2 aromatic rings. The number of carbonyl (C=O) groups is 1. The summed E-state index contributed by atoms with van der Waals surface area (Å²) >= 11 is 7.20. The van der Waals surface area contributed by atoms with Crippen molar-refractivity contribution in [1.82, 2.24) is 0 Å². The molecule has 0 aliphatic heterocycles. The zero-order valence-electron chi connectivity index (χ0n) is 9.77. The number of rotatable bonds is 3. The van der Waals surface area contributed by atoms with E-state index in [0.29, 0.717) is 15.6 Å². The minimum atomic E-state index is -0.371. The molecule has 1 aromatic heterocycles. The number of esters is 1. The molecule has 0 atom stereocenters. The SMILES string of the molecule is Cc1c(N)cccc1C(=O)OCc1ccc(Cl)s1. The average Bonchev–Trinajstić information content (AvgIpc) is 2.76. The second-order valence-corrected chi connectivity index (χ2v) is 5.60. The fourth-order valence-electron chi connectivity index (χ4n) is 1.52. The summed E-state index contributed by atoms with van der Waals surface area (Å²) in [6.45, 7) is 2.03. The van der Waals surface area contributed by atoms with Crippen molar-refractivity contribution >= 4 is 34.6 Å². The third kappa shape index (κ3) is 2.83. The predicted octanol–water partition coefficient (Wildman–Crippen LogP) is 3.65. The molecule has 0 fully saturated rings. The highest BCUT2D eigenvalue weighted by Gasteiger charge is 2.12. The van der Waals surface area contributed by atoms with Crippen LogP contribution < -0.4 is 5.73 Å². The molecular weight excluding hydrogens is 270 g/mol. The minimum Gasteiger partial charge on any atom is -0.456 e. The highest BCUT2D eigenvalue weighted by Crippen LogP contribution is 2.23. The molecule has 5 heteroatoms. The average molecular weight is 282 g/mol. The van der Waals surface area contributed by atoms with Crippen molar-refractivity contribution in [2.24, 2.45) is 0 Å². The summed E-state index contributed by atoms with van der Waals surface area (Å²) in [5, 5.41) is 0. The van der Waals surface area contributed by atoms with Crippen LogP contribution in [0.15, 0.2) is 30.3 Å². The molecule has 1 heterocycles. The van der Waals surface area contributed by atoms with Crippen LogP contribution in [0.2, 0.25) is 4.34 Å². The molecule has 0 saturated carbocycles. The Kier molecular flexibility index (Phi) is 3.89. The lowest BCUT2D eigenvalue weighted by molar-refractivity contribution is 0.0476. The number of hydrogen-bond acceptors (Lipinski definition) is 4. The molecule has 0 spiro atoms. The first-order chi connectivity index (χ1) is 8.58. The maximum Gasteiger partial charge on any atom is 0.338 e. The second kappa shape index (κ2) is 5.42. The fourth-order valence-corrected chi connectivity index (χ4v) is 2.52. The number of ether oxygens (including phenoxy) is 1. The van der Waals surface area contributed by atoms with Crippen LogP contribution >= 0.6 is 22.9 Å². The van der Waals surface area contributed by atoms with Gasteiger partial charge in [0, 0.05) is 10.6 Å². The molecule has 2 N–H and O–H groups in total. The zero-order valence-corrected chi connectivity index (χ0v) is 11.3. The molecule has 18 heavy (non-hydrogen) atoms. The number of thiophene rings is 1. The van der Waals surface area contributed by atoms with Gasteiger partial charge in [0.25, 0.3) is 0 Å². The molecule has 2 rings (SSSR count). The molecule has 0 radical (unpaired) electrons. The largest absolute Gasteiger partial charge is 0.456 e. The molecule has 0 unspecified atom stereocenters. The Balaban J connectivity index is 2.06. The van der Waals surface area contributed by atoms with Crippen LogP contribution in [0, 0.1) is 6.92 Å². The van der Waals surface area contributed by atoms with Gasteiger partial charge in [0.15, 0.2) is 0 Å². The van der Waals surface area contributed by atoms with Gasteiger partial charge in [-0.1, -0.05) is 17.7 Å². The summed E-state index contributed by atoms with van der Waals surface area (Å²) in [4.78, 5) is 12.8. The third-order valence-electron chi connectivity index (χ3n) is 2.57. The molecule has 0 aliphatic carbocycles. The van der Waals surface area contributed by atoms with Crippen molar-refractivity contribution in [3.8, 4) is 0 Å². The summed E-state index contributed by atoms with van der Waals surface area (Å²) in [6, 6.07) is 8.81. The number of hydrogen-bond donors (Lipinski definition) is 1. The summed E-state index contributed by atoms with van der Waals surface area (Å²) in [6.07, 6.45) is 0. The molecule has 0 saturated heterocycles. The molecule has 3 nitrogen and oxygen atoms in total. The Bertz CT molecular complexity index is 580. The highest BCUT2D eigenvalue weighted by atomic mass is 35.5. The van der Waals surface area contributed by atoms with Crippen LogP contribution in [-0.2, 0) is 11.3 Å². The van der Waals surface area contributed by atoms with Gasteiger partial charge in [-0.2, -0.15) is 0 Å². The van der Waals surface area contributed by atoms with E-state index in [1.807, 2.05) is 6.07 Å². The monoisotopic (exact) mass is 281 g/mol. The van der Waals surface area contributed by atoms with Crippen LogP contribution in [0.25, 0.3) is 0 Å². The topological polar surface area (TPSA) is 52.3 Å². The Labute approximate surface area is 114 Å². The number of nitrogens with two attached hydrogens (primary N) is 1. The van der Waals surface area contributed by atoms with E-state index in [2.05, 4.69) is 0 Å². The maximum absolute atomic E-state index is 11.9. The van der Waals surface area contributed by atoms with Gasteiger partial charge in [-0.3, -0.25) is 0 Å². The lowest BCUT2D eigenvalue weighted by Gasteiger charge is -2.07. The Morgan fingerprint density at radius 2 is 2.17 bits per heavy atom. The van der Waals surface area contributed by atoms with Crippen molar-refractivity contribution in [3.63, 3.8) is 0 Å². The summed E-state index contributed by atoms with van der Waals surface area (Å²) in [7, 11) is 0. The first-order valence-corrected chi connectivity index (χ1v) is 6.54. The summed E-state index contributed by atoms with van der Waals surface area (Å²) < 4.78 is 5.90. The quantitative estimate of drug-likeness (QED) is 0.690. The standard InChI is InChI=1S/C13H12ClNO2S/c1-8-10(3-2-4-11(8)15)13(16)17-7-9-5-6-12(14)18-9/h2-6H,7,15H2,1H3. The van der Waals surface area contributed by atoms with Crippen molar-refractivity contribution in [2.45, 2.75) is 13.5 Å². The van der Waals surface area contributed by atoms with Crippen LogP contribution in [0.1, 0.15) is 20.8 Å². The van der Waals surface area contributed by atoms with E-state index in [1.54, 1.807) is 31.2 Å². The van der Waals surface area contributed by atoms with Crippen molar-refractivity contribution in [1.29, 1.82) is 0 Å². The van der Waals surface area contributed by atoms with E-state index in [1.165, 1.54) is 11.3 Å². The Morgan fingerprint density at radius 1 is 1.39 bits per heavy atom. The minimum absolute atomic E-state index is 0.227. The van der Waals surface area contributed by atoms with Crippen molar-refractivity contribution in [2.75, 3.05) is 5.73 Å². The second-order valence-electron chi connectivity index (χ2n) is 3.80. The van der Waals surface area contributed by atoms with Crippen LogP contribution in [0.3, 0.4) is 0 Å². The fraction of sp³-hybridized carbons (Fsp3) is 0.154. The van der Waals surface area contributed by atoms with Crippen LogP contribution in [0.5, 0.6) is 0 Å². The van der Waals surface area contributed by atoms with Gasteiger partial charge in [0.1, 0.15) is 6.61 Å². The predicted molar refractivity (Wildman–Crippen MR) is 74.0 cm³/mol. The van der Waals surface area contributed by atoms with E-state index < -0.39 is 0 Å². The first kappa shape index (κ1) is 12.9. The van der Waals surface area contributed by atoms with E-state index in [9.17, 15) is 4.79 Å². The molecular formula is C13H12ClNO2S. The lowest BCUT2D eigenvalue weighted by Crippen LogP contribution is -2.07. The summed E-state index contributed by atoms with van der Waals surface area (Å²) in [5.74, 6) is -0.371. The van der Waals surface area contributed by atoms with E-state index in [4.69, 9.17) is 22.1 Å². The highest BCUT2D eigenvalue weighted by molar-refractivity contribution is 7.16. The van der Waals surface area contributed by atoms with Crippen LogP contribution in [-0.4, -0.2) is 5.97 Å². The Hall–Kier alpha value is -1.52. The van der Waals surface area contributed by atoms with Gasteiger partial charge in [-0.05, 0) is 36.8 Å². The normalized spacial score (nSPS) is 10.3. The molecule has 0 bridgehead atoms. The number of halogens is 1. The van der Waals surface area contributed by atoms with Crippen molar-refractivity contribution < 1.29 is 9.53 Å². The van der Waals surface area contributed by atoms with E-state index >= 15 is 0 Å². The number of benzene rings is 1. The smallest absolute Gasteiger partial charge is 0.338 e. The molecule has 94 valence electrons. The van der Waals surface area contributed by atoms with Crippen molar-refractivity contribution in [3.05, 3.63) is 50.7 Å².